The lowest BCUT2D eigenvalue weighted by Gasteiger charge is -2.09. The number of hydrogen-bond acceptors (Lipinski definition) is 5. The minimum absolute atomic E-state index is 0.108. The number of H-pyrrole nitrogens is 1. The van der Waals surface area contributed by atoms with Gasteiger partial charge in [-0.3, -0.25) is 4.57 Å². The summed E-state index contributed by atoms with van der Waals surface area (Å²) in [6, 6.07) is 3.05. The number of hydrogen-bond donors (Lipinski definition) is 2. The molecule has 8 heteroatoms. The Morgan fingerprint density at radius 1 is 1.48 bits per heavy atom. The number of aromatic amines is 1. The number of aromatic carboxylic acids is 1. The van der Waals surface area contributed by atoms with Gasteiger partial charge in [0.05, 0.1) is 5.56 Å². The smallest absolute Gasteiger partial charge is 0.343 e. The molecule has 2 aromatic rings. The van der Waals surface area contributed by atoms with Crippen molar-refractivity contribution < 1.29 is 9.90 Å². The first-order valence-corrected chi connectivity index (χ1v) is 7.32. The molecule has 2 aromatic heterocycles. The van der Waals surface area contributed by atoms with Crippen LogP contribution in [0.1, 0.15) is 42.7 Å². The average molecular weight is 308 g/mol. The fraction of sp³-hybridized carbons (Fsp3) is 0.385. The topological polar surface area (TPSA) is 101 Å². The van der Waals surface area contributed by atoms with Crippen molar-refractivity contribution in [2.24, 2.45) is 0 Å². The summed E-state index contributed by atoms with van der Waals surface area (Å²) in [5.41, 5.74) is 0.578. The van der Waals surface area contributed by atoms with Crippen molar-refractivity contribution in [3.63, 3.8) is 0 Å². The lowest BCUT2D eigenvalue weighted by molar-refractivity contribution is 0.0696. The van der Waals surface area contributed by atoms with Gasteiger partial charge in [-0.05, 0) is 36.7 Å². The Balaban J connectivity index is 2.43. The molecular formula is C13H16N4O3S. The first-order valence-electron chi connectivity index (χ1n) is 6.50. The molecule has 21 heavy (non-hydrogen) atoms. The van der Waals surface area contributed by atoms with E-state index in [-0.39, 0.29) is 17.2 Å². The van der Waals surface area contributed by atoms with Crippen LogP contribution in [0.3, 0.4) is 0 Å². The van der Waals surface area contributed by atoms with E-state index in [4.69, 9.17) is 0 Å². The summed E-state index contributed by atoms with van der Waals surface area (Å²) >= 11 is 1.17. The summed E-state index contributed by atoms with van der Waals surface area (Å²) in [5.74, 6) is -0.896. The van der Waals surface area contributed by atoms with Crippen molar-refractivity contribution in [2.45, 2.75) is 43.4 Å². The molecule has 0 bridgehead atoms. The highest BCUT2D eigenvalue weighted by atomic mass is 32.2. The molecule has 0 unspecified atom stereocenters. The Morgan fingerprint density at radius 2 is 2.19 bits per heavy atom. The zero-order valence-electron chi connectivity index (χ0n) is 12.0. The van der Waals surface area contributed by atoms with Crippen molar-refractivity contribution in [2.75, 3.05) is 0 Å². The predicted octanol–water partition coefficient (Wildman–Crippen LogP) is 1.96. The monoisotopic (exact) mass is 308 g/mol. The van der Waals surface area contributed by atoms with Crippen molar-refractivity contribution in [3.8, 4) is 0 Å². The molecule has 7 nitrogen and oxygen atoms in total. The third-order valence-corrected chi connectivity index (χ3v) is 3.81. The lowest BCUT2D eigenvalue weighted by Crippen LogP contribution is -2.16. The molecule has 0 aromatic carbocycles. The maximum absolute atomic E-state index is 11.5. The third kappa shape index (κ3) is 3.33. The van der Waals surface area contributed by atoms with Crippen LogP contribution in [0.5, 0.6) is 0 Å². The molecule has 0 amide bonds. The summed E-state index contributed by atoms with van der Waals surface area (Å²) in [6.45, 7) is 6.20. The number of carboxylic acid groups (broad SMARTS) is 1. The summed E-state index contributed by atoms with van der Waals surface area (Å²) in [7, 11) is 0. The molecule has 0 aliphatic heterocycles. The van der Waals surface area contributed by atoms with E-state index in [9.17, 15) is 14.7 Å². The van der Waals surface area contributed by atoms with Gasteiger partial charge in [0.1, 0.15) is 5.03 Å². The number of carbonyl (C=O) groups is 1. The third-order valence-electron chi connectivity index (χ3n) is 2.90. The molecule has 0 saturated carbocycles. The van der Waals surface area contributed by atoms with Crippen LogP contribution in [-0.2, 0) is 6.54 Å². The number of nitrogens with one attached hydrogen (secondary N) is 1. The Morgan fingerprint density at radius 3 is 2.76 bits per heavy atom. The quantitative estimate of drug-likeness (QED) is 0.875. The molecule has 0 spiro atoms. The normalized spacial score (nSPS) is 11.0. The van der Waals surface area contributed by atoms with Gasteiger partial charge < -0.3 is 5.11 Å². The van der Waals surface area contributed by atoms with E-state index in [0.717, 1.165) is 0 Å². The van der Waals surface area contributed by atoms with Gasteiger partial charge in [-0.25, -0.2) is 19.7 Å². The van der Waals surface area contributed by atoms with Gasteiger partial charge in [-0.2, -0.15) is 0 Å². The van der Waals surface area contributed by atoms with Gasteiger partial charge in [0, 0.05) is 12.2 Å². The van der Waals surface area contributed by atoms with E-state index < -0.39 is 5.97 Å². The number of nitrogens with zero attached hydrogens (tertiary/aromatic N) is 3. The molecule has 0 fully saturated rings. The minimum atomic E-state index is -1.00. The van der Waals surface area contributed by atoms with Crippen LogP contribution < -0.4 is 5.69 Å². The van der Waals surface area contributed by atoms with E-state index in [1.54, 1.807) is 6.07 Å². The van der Waals surface area contributed by atoms with Gasteiger partial charge in [-0.15, -0.1) is 5.10 Å². The van der Waals surface area contributed by atoms with Crippen molar-refractivity contribution in [1.29, 1.82) is 0 Å². The van der Waals surface area contributed by atoms with Crippen molar-refractivity contribution >= 4 is 17.7 Å². The second-order valence-corrected chi connectivity index (χ2v) is 5.72. The van der Waals surface area contributed by atoms with Crippen LogP contribution in [-0.4, -0.2) is 30.8 Å². The van der Waals surface area contributed by atoms with Crippen LogP contribution in [0.4, 0.5) is 0 Å². The van der Waals surface area contributed by atoms with Gasteiger partial charge in [0.25, 0.3) is 0 Å². The van der Waals surface area contributed by atoms with Gasteiger partial charge in [-0.1, -0.05) is 13.8 Å². The number of aromatic nitrogens is 4. The highest BCUT2D eigenvalue weighted by Crippen LogP contribution is 2.26. The van der Waals surface area contributed by atoms with E-state index in [1.165, 1.54) is 22.4 Å². The lowest BCUT2D eigenvalue weighted by atomic mass is 10.1. The zero-order valence-corrected chi connectivity index (χ0v) is 12.8. The number of pyridine rings is 1. The zero-order chi connectivity index (χ0) is 15.6. The summed E-state index contributed by atoms with van der Waals surface area (Å²) in [4.78, 5) is 27.1. The fourth-order valence-electron chi connectivity index (χ4n) is 1.75. The number of carboxylic acids is 1. The Labute approximate surface area is 125 Å². The molecule has 0 aliphatic rings. The molecule has 0 radical (unpaired) electrons. The maximum Gasteiger partial charge on any atom is 0.343 e. The van der Waals surface area contributed by atoms with Crippen LogP contribution in [0.2, 0.25) is 0 Å². The highest BCUT2D eigenvalue weighted by Gasteiger charge is 2.14. The minimum Gasteiger partial charge on any atom is -0.478 e. The van der Waals surface area contributed by atoms with Crippen LogP contribution >= 0.6 is 11.8 Å². The van der Waals surface area contributed by atoms with Gasteiger partial charge in [0.2, 0.25) is 0 Å². The molecule has 112 valence electrons. The number of rotatable bonds is 5. The molecular weight excluding hydrogens is 292 g/mol. The summed E-state index contributed by atoms with van der Waals surface area (Å²) in [5, 5.41) is 16.5. The van der Waals surface area contributed by atoms with Crippen molar-refractivity contribution in [3.05, 3.63) is 33.9 Å². The SMILES string of the molecule is CCn1c(Sc2cc(C(=O)O)cc(C(C)C)n2)n[nH]c1=O. The average Bonchev–Trinajstić information content (AvgIpc) is 2.78. The summed E-state index contributed by atoms with van der Waals surface area (Å²) in [6.07, 6.45) is 0. The molecule has 0 atom stereocenters. The van der Waals surface area contributed by atoms with Crippen molar-refractivity contribution in [1.82, 2.24) is 19.7 Å². The Bertz CT molecular complexity index is 720. The van der Waals surface area contributed by atoms with E-state index in [0.29, 0.717) is 22.4 Å². The summed E-state index contributed by atoms with van der Waals surface area (Å²) < 4.78 is 1.47. The maximum atomic E-state index is 11.5. The van der Waals surface area contributed by atoms with E-state index >= 15 is 0 Å². The first-order chi connectivity index (χ1) is 9.92. The second kappa shape index (κ2) is 6.13. The first kappa shape index (κ1) is 15.3. The van der Waals surface area contributed by atoms with E-state index in [1.807, 2.05) is 20.8 Å². The van der Waals surface area contributed by atoms with Crippen LogP contribution in [0.25, 0.3) is 0 Å². The van der Waals surface area contributed by atoms with Gasteiger partial charge >= 0.3 is 11.7 Å². The highest BCUT2D eigenvalue weighted by molar-refractivity contribution is 7.99. The van der Waals surface area contributed by atoms with Crippen LogP contribution in [0.15, 0.2) is 27.1 Å². The van der Waals surface area contributed by atoms with E-state index in [2.05, 4.69) is 15.2 Å². The molecule has 0 saturated heterocycles. The molecule has 2 heterocycles. The Hall–Kier alpha value is -2.09. The second-order valence-electron chi connectivity index (χ2n) is 4.74. The molecule has 0 aliphatic carbocycles. The molecule has 2 rings (SSSR count). The molecule has 2 N–H and O–H groups in total. The fourth-order valence-corrected chi connectivity index (χ4v) is 2.69. The largest absolute Gasteiger partial charge is 0.478 e. The Kier molecular flexibility index (Phi) is 4.46. The van der Waals surface area contributed by atoms with Crippen LogP contribution in [0, 0.1) is 0 Å². The predicted molar refractivity (Wildman–Crippen MR) is 77.9 cm³/mol. The van der Waals surface area contributed by atoms with Gasteiger partial charge in [0.15, 0.2) is 5.16 Å². The standard InChI is InChI=1S/C13H16N4O3S/c1-4-17-12(20)15-16-13(17)21-10-6-8(11(18)19)5-9(14-10)7(2)3/h5-7H,4H2,1-3H3,(H,15,20)(H,18,19).